The summed E-state index contributed by atoms with van der Waals surface area (Å²) in [5, 5.41) is 4.21. The molecule has 1 saturated heterocycles. The van der Waals surface area contributed by atoms with Gasteiger partial charge in [0.15, 0.2) is 0 Å². The van der Waals surface area contributed by atoms with Crippen molar-refractivity contribution >= 4 is 33.6 Å². The van der Waals surface area contributed by atoms with Crippen molar-refractivity contribution in [1.29, 1.82) is 0 Å². The minimum atomic E-state index is -1.00. The molecule has 4 aromatic rings. The largest absolute Gasteiger partial charge is 0.361 e. The van der Waals surface area contributed by atoms with Crippen molar-refractivity contribution in [2.75, 3.05) is 19.3 Å². The molecule has 0 saturated carbocycles. The van der Waals surface area contributed by atoms with Gasteiger partial charge in [0, 0.05) is 31.3 Å². The van der Waals surface area contributed by atoms with Crippen LogP contribution in [0.5, 0.6) is 0 Å². The monoisotopic (exact) mass is 500 g/mol. The summed E-state index contributed by atoms with van der Waals surface area (Å²) in [6, 6.07) is 11.4. The molecule has 178 valence electrons. The Kier molecular flexibility index (Phi) is 6.31. The maximum absolute atomic E-state index is 14.0. The van der Waals surface area contributed by atoms with E-state index >= 15 is 0 Å². The summed E-state index contributed by atoms with van der Waals surface area (Å²) < 4.78 is 35.7. The van der Waals surface area contributed by atoms with E-state index in [9.17, 15) is 8.60 Å². The van der Waals surface area contributed by atoms with E-state index in [-0.39, 0.29) is 11.1 Å². The zero-order chi connectivity index (χ0) is 24.0. The number of aromatic nitrogens is 3. The Labute approximate surface area is 205 Å². The molecule has 0 N–H and O–H groups in total. The standard InChI is InChI=1S/C25H26ClFN4O2S/c1-15-25(16(2)33-29-15)18-6-8-23-22(13-18)28-24(9-5-17-4-7-20(26)21(27)12-17)31(23)19-10-11-30(14-19)34(3)32/h4,6-8,12-13,19H,5,9-11,14H2,1-3H3. The van der Waals surface area contributed by atoms with Crippen LogP contribution in [0.1, 0.15) is 35.3 Å². The average molecular weight is 501 g/mol. The number of benzene rings is 2. The van der Waals surface area contributed by atoms with Crippen LogP contribution in [-0.4, -0.2) is 42.6 Å². The van der Waals surface area contributed by atoms with E-state index in [0.29, 0.717) is 19.4 Å². The van der Waals surface area contributed by atoms with Gasteiger partial charge in [0.1, 0.15) is 17.4 Å². The molecule has 2 aromatic heterocycles. The first-order valence-electron chi connectivity index (χ1n) is 11.3. The SMILES string of the molecule is Cc1noc(C)c1-c1ccc2c(c1)nc(CCc1ccc(Cl)c(F)c1)n2C1CCN(S(C)=O)C1. The van der Waals surface area contributed by atoms with Crippen molar-refractivity contribution in [3.05, 3.63) is 70.1 Å². The summed E-state index contributed by atoms with van der Waals surface area (Å²) in [5.74, 6) is 1.31. The van der Waals surface area contributed by atoms with E-state index in [1.54, 1.807) is 12.3 Å². The van der Waals surface area contributed by atoms with Crippen molar-refractivity contribution in [3.8, 4) is 11.1 Å². The van der Waals surface area contributed by atoms with Crippen LogP contribution in [0.3, 0.4) is 0 Å². The normalized spacial score (nSPS) is 17.6. The highest BCUT2D eigenvalue weighted by molar-refractivity contribution is 7.81. The van der Waals surface area contributed by atoms with Crippen LogP contribution in [0.15, 0.2) is 40.9 Å². The van der Waals surface area contributed by atoms with E-state index in [0.717, 1.165) is 58.0 Å². The van der Waals surface area contributed by atoms with Gasteiger partial charge >= 0.3 is 0 Å². The molecule has 2 aromatic carbocycles. The first kappa shape index (κ1) is 23.2. The summed E-state index contributed by atoms with van der Waals surface area (Å²) in [7, 11) is -1.00. The highest BCUT2D eigenvalue weighted by Gasteiger charge is 2.29. The first-order valence-corrected chi connectivity index (χ1v) is 13.2. The molecule has 2 atom stereocenters. The molecule has 6 nitrogen and oxygen atoms in total. The molecular formula is C25H26ClFN4O2S. The zero-order valence-corrected chi connectivity index (χ0v) is 20.9. The minimum absolute atomic E-state index is 0.126. The van der Waals surface area contributed by atoms with Gasteiger partial charge in [-0.15, -0.1) is 0 Å². The Balaban J connectivity index is 1.54. The molecule has 34 heavy (non-hydrogen) atoms. The van der Waals surface area contributed by atoms with Crippen LogP contribution in [0.25, 0.3) is 22.2 Å². The molecule has 5 rings (SSSR count). The van der Waals surface area contributed by atoms with E-state index in [1.807, 2.05) is 24.2 Å². The summed E-state index contributed by atoms with van der Waals surface area (Å²) in [6.45, 7) is 5.34. The number of fused-ring (bicyclic) bond motifs is 1. The summed E-state index contributed by atoms with van der Waals surface area (Å²) in [4.78, 5) is 5.01. The van der Waals surface area contributed by atoms with Gasteiger partial charge in [-0.3, -0.25) is 0 Å². The molecule has 1 fully saturated rings. The van der Waals surface area contributed by atoms with Crippen molar-refractivity contribution in [1.82, 2.24) is 19.0 Å². The Morgan fingerprint density at radius 1 is 1.21 bits per heavy atom. The lowest BCUT2D eigenvalue weighted by atomic mass is 10.0. The van der Waals surface area contributed by atoms with Crippen molar-refractivity contribution in [2.24, 2.45) is 0 Å². The van der Waals surface area contributed by atoms with Gasteiger partial charge < -0.3 is 9.09 Å². The number of halogens is 2. The molecular weight excluding hydrogens is 475 g/mol. The Morgan fingerprint density at radius 2 is 2.03 bits per heavy atom. The predicted octanol–water partition coefficient (Wildman–Crippen LogP) is 5.43. The van der Waals surface area contributed by atoms with Gasteiger partial charge in [-0.2, -0.15) is 0 Å². The zero-order valence-electron chi connectivity index (χ0n) is 19.3. The van der Waals surface area contributed by atoms with Crippen LogP contribution in [0.2, 0.25) is 5.02 Å². The third-order valence-corrected chi connectivity index (χ3v) is 7.93. The van der Waals surface area contributed by atoms with Crippen molar-refractivity contribution < 1.29 is 13.1 Å². The smallest absolute Gasteiger partial charge is 0.142 e. The number of nitrogens with zero attached hydrogens (tertiary/aromatic N) is 4. The lowest BCUT2D eigenvalue weighted by Gasteiger charge is -2.18. The van der Waals surface area contributed by atoms with Crippen LogP contribution < -0.4 is 0 Å². The molecule has 2 unspecified atom stereocenters. The fourth-order valence-corrected chi connectivity index (χ4v) is 5.75. The highest BCUT2D eigenvalue weighted by Crippen LogP contribution is 2.33. The van der Waals surface area contributed by atoms with Crippen LogP contribution >= 0.6 is 11.6 Å². The Bertz CT molecular complexity index is 1380. The fraction of sp³-hybridized carbons (Fsp3) is 0.360. The van der Waals surface area contributed by atoms with Gasteiger partial charge in [-0.05, 0) is 62.1 Å². The van der Waals surface area contributed by atoms with Gasteiger partial charge in [-0.1, -0.05) is 28.9 Å². The van der Waals surface area contributed by atoms with E-state index in [1.165, 1.54) is 6.07 Å². The van der Waals surface area contributed by atoms with E-state index in [4.69, 9.17) is 21.1 Å². The lowest BCUT2D eigenvalue weighted by Crippen LogP contribution is -2.23. The molecule has 1 aliphatic heterocycles. The fourth-order valence-electron chi connectivity index (χ4n) is 4.89. The van der Waals surface area contributed by atoms with Crippen LogP contribution in [0, 0.1) is 19.7 Å². The molecule has 0 aliphatic carbocycles. The van der Waals surface area contributed by atoms with Crippen molar-refractivity contribution in [2.45, 2.75) is 39.2 Å². The molecule has 9 heteroatoms. The third kappa shape index (κ3) is 4.30. The summed E-state index contributed by atoms with van der Waals surface area (Å²) in [6.07, 6.45) is 3.92. The van der Waals surface area contributed by atoms with Gasteiger partial charge in [0.05, 0.1) is 38.8 Å². The molecule has 0 bridgehead atoms. The second-order valence-corrected chi connectivity index (χ2v) is 10.6. The summed E-state index contributed by atoms with van der Waals surface area (Å²) >= 11 is 5.85. The third-order valence-electron chi connectivity index (χ3n) is 6.56. The first-order chi connectivity index (χ1) is 16.3. The predicted molar refractivity (Wildman–Crippen MR) is 133 cm³/mol. The van der Waals surface area contributed by atoms with Crippen LogP contribution in [-0.2, 0) is 23.8 Å². The molecule has 0 amide bonds. The quantitative estimate of drug-likeness (QED) is 0.354. The maximum Gasteiger partial charge on any atom is 0.142 e. The van der Waals surface area contributed by atoms with Gasteiger partial charge in [0.25, 0.3) is 0 Å². The molecule has 1 aliphatic rings. The number of hydrogen-bond acceptors (Lipinski definition) is 4. The number of rotatable bonds is 6. The topological polar surface area (TPSA) is 64.2 Å². The van der Waals surface area contributed by atoms with Gasteiger partial charge in [0.2, 0.25) is 0 Å². The van der Waals surface area contributed by atoms with E-state index in [2.05, 4.69) is 27.9 Å². The second kappa shape index (κ2) is 9.24. The molecule has 0 radical (unpaired) electrons. The summed E-state index contributed by atoms with van der Waals surface area (Å²) in [5.41, 5.74) is 5.66. The van der Waals surface area contributed by atoms with Crippen LogP contribution in [0.4, 0.5) is 4.39 Å². The Hall–Kier alpha value is -2.55. The van der Waals surface area contributed by atoms with Gasteiger partial charge in [-0.25, -0.2) is 17.9 Å². The molecule has 3 heterocycles. The average Bonchev–Trinajstić information content (AvgIpc) is 3.51. The Morgan fingerprint density at radius 3 is 2.71 bits per heavy atom. The minimum Gasteiger partial charge on any atom is -0.361 e. The number of aryl methyl sites for hydroxylation is 4. The van der Waals surface area contributed by atoms with E-state index < -0.39 is 16.8 Å². The number of imidazole rings is 1. The number of hydrogen-bond donors (Lipinski definition) is 0. The highest BCUT2D eigenvalue weighted by atomic mass is 35.5. The molecule has 0 spiro atoms. The maximum atomic E-state index is 14.0. The lowest BCUT2D eigenvalue weighted by molar-refractivity contribution is 0.393. The van der Waals surface area contributed by atoms with Crippen molar-refractivity contribution in [3.63, 3.8) is 0 Å². The second-order valence-electron chi connectivity index (χ2n) is 8.80.